The van der Waals surface area contributed by atoms with E-state index in [4.69, 9.17) is 0 Å². The monoisotopic (exact) mass is 172 g/mol. The minimum atomic E-state index is -4.55. The third kappa shape index (κ3) is 3.66. The van der Waals surface area contributed by atoms with Gasteiger partial charge in [-0.05, 0) is 6.92 Å². The summed E-state index contributed by atoms with van der Waals surface area (Å²) in [6, 6.07) is 0. The van der Waals surface area contributed by atoms with Crippen LogP contribution in [-0.2, 0) is 4.74 Å². The molecule has 0 aliphatic rings. The highest BCUT2D eigenvalue weighted by Gasteiger charge is 2.39. The summed E-state index contributed by atoms with van der Waals surface area (Å²) in [4.78, 5) is 10.1. The van der Waals surface area contributed by atoms with Crippen LogP contribution in [-0.4, -0.2) is 18.4 Å². The summed E-state index contributed by atoms with van der Waals surface area (Å²) in [5, 5.41) is 0. The zero-order chi connectivity index (χ0) is 9.07. The van der Waals surface area contributed by atoms with Crippen molar-refractivity contribution in [3.63, 3.8) is 0 Å². The van der Waals surface area contributed by atoms with Crippen LogP contribution in [0.3, 0.4) is 0 Å². The molecular weight excluding hydrogens is 165 g/mol. The summed E-state index contributed by atoms with van der Waals surface area (Å²) in [7, 11) is 0. The first-order valence-electron chi connectivity index (χ1n) is 2.62. The Morgan fingerprint density at radius 2 is 2.09 bits per heavy atom. The zero-order valence-electron chi connectivity index (χ0n) is 5.61. The van der Waals surface area contributed by atoms with Gasteiger partial charge in [-0.1, -0.05) is 0 Å². The second-order valence-corrected chi connectivity index (χ2v) is 1.73. The molecule has 0 saturated carbocycles. The van der Waals surface area contributed by atoms with Crippen molar-refractivity contribution in [2.24, 2.45) is 5.84 Å². The first-order valence-corrected chi connectivity index (χ1v) is 2.62. The predicted molar refractivity (Wildman–Crippen MR) is 29.3 cm³/mol. The maximum Gasteiger partial charge on any atom is 0.425 e. The second-order valence-electron chi connectivity index (χ2n) is 1.73. The number of rotatable bonds is 1. The summed E-state index contributed by atoms with van der Waals surface area (Å²) in [5.41, 5.74) is 1.41. The van der Waals surface area contributed by atoms with Crippen LogP contribution in [0.15, 0.2) is 0 Å². The number of ether oxygens (including phenoxy) is 1. The van der Waals surface area contributed by atoms with Crippen LogP contribution in [0.25, 0.3) is 0 Å². The quantitative estimate of drug-likeness (QED) is 0.344. The van der Waals surface area contributed by atoms with Crippen LogP contribution in [0, 0.1) is 0 Å². The molecule has 1 amide bonds. The van der Waals surface area contributed by atoms with Gasteiger partial charge < -0.3 is 4.74 Å². The number of carbonyl (C=O) groups is 1. The van der Waals surface area contributed by atoms with Crippen molar-refractivity contribution in [2.45, 2.75) is 19.2 Å². The summed E-state index contributed by atoms with van der Waals surface area (Å²) in [6.45, 7) is 0.704. The molecule has 0 fully saturated rings. The minimum Gasteiger partial charge on any atom is -0.436 e. The van der Waals surface area contributed by atoms with Crippen LogP contribution < -0.4 is 11.3 Å². The number of hydrogen-bond acceptors (Lipinski definition) is 3. The van der Waals surface area contributed by atoms with Gasteiger partial charge in [-0.3, -0.25) is 5.43 Å². The van der Waals surface area contributed by atoms with Gasteiger partial charge in [0.1, 0.15) is 0 Å². The average Bonchev–Trinajstić information content (AvgIpc) is 1.85. The van der Waals surface area contributed by atoms with Crippen molar-refractivity contribution in [3.05, 3.63) is 0 Å². The molecule has 0 aliphatic carbocycles. The Morgan fingerprint density at radius 1 is 1.64 bits per heavy atom. The van der Waals surface area contributed by atoms with Gasteiger partial charge >= 0.3 is 12.3 Å². The van der Waals surface area contributed by atoms with Crippen molar-refractivity contribution in [1.29, 1.82) is 0 Å². The molecule has 66 valence electrons. The fourth-order valence-corrected chi connectivity index (χ4v) is 0.261. The maximum absolute atomic E-state index is 11.6. The molecule has 0 aromatic heterocycles. The van der Waals surface area contributed by atoms with Crippen molar-refractivity contribution in [3.8, 4) is 0 Å². The van der Waals surface area contributed by atoms with Gasteiger partial charge in [-0.15, -0.1) is 0 Å². The third-order valence-electron chi connectivity index (χ3n) is 0.863. The number of nitrogens with two attached hydrogens (primary N) is 1. The normalized spacial score (nSPS) is 13.9. The van der Waals surface area contributed by atoms with E-state index in [1.54, 1.807) is 0 Å². The number of hydrogen-bond donors (Lipinski definition) is 2. The van der Waals surface area contributed by atoms with Crippen molar-refractivity contribution in [2.75, 3.05) is 0 Å². The molecule has 3 N–H and O–H groups in total. The van der Waals surface area contributed by atoms with E-state index in [0.29, 0.717) is 6.92 Å². The number of hydrazine groups is 1. The van der Waals surface area contributed by atoms with Gasteiger partial charge in [0.15, 0.2) is 6.10 Å². The largest absolute Gasteiger partial charge is 0.436 e. The smallest absolute Gasteiger partial charge is 0.425 e. The Morgan fingerprint density at radius 3 is 2.36 bits per heavy atom. The lowest BCUT2D eigenvalue weighted by atomic mass is 10.4. The first-order chi connectivity index (χ1) is 4.88. The molecule has 0 heterocycles. The van der Waals surface area contributed by atoms with E-state index >= 15 is 0 Å². The molecule has 0 rings (SSSR count). The summed E-state index contributed by atoms with van der Waals surface area (Å²) >= 11 is 0. The van der Waals surface area contributed by atoms with E-state index in [1.807, 2.05) is 0 Å². The number of nitrogens with one attached hydrogen (secondary N) is 1. The van der Waals surface area contributed by atoms with E-state index in [0.717, 1.165) is 0 Å². The van der Waals surface area contributed by atoms with Gasteiger partial charge in [0.05, 0.1) is 0 Å². The maximum atomic E-state index is 11.6. The van der Waals surface area contributed by atoms with Crippen LogP contribution in [0.4, 0.5) is 18.0 Å². The van der Waals surface area contributed by atoms with Crippen molar-refractivity contribution >= 4 is 6.09 Å². The van der Waals surface area contributed by atoms with Crippen LogP contribution in [0.5, 0.6) is 0 Å². The lowest BCUT2D eigenvalue weighted by Gasteiger charge is -2.15. The molecule has 0 saturated heterocycles. The van der Waals surface area contributed by atoms with Crippen LogP contribution in [0.2, 0.25) is 0 Å². The van der Waals surface area contributed by atoms with Gasteiger partial charge in [0.25, 0.3) is 0 Å². The number of carbonyl (C=O) groups excluding carboxylic acids is 1. The van der Waals surface area contributed by atoms with Crippen molar-refractivity contribution < 1.29 is 22.7 Å². The van der Waals surface area contributed by atoms with Crippen molar-refractivity contribution in [1.82, 2.24) is 5.43 Å². The molecule has 0 aliphatic heterocycles. The lowest BCUT2D eigenvalue weighted by Crippen LogP contribution is -2.38. The standard InChI is InChI=1S/C4H7F3N2O2/c1-2(4(5,6)7)11-3(10)9-8/h2H,8H2,1H3,(H,9,10). The Labute approximate surface area is 60.5 Å². The molecule has 1 unspecified atom stereocenters. The van der Waals surface area contributed by atoms with Gasteiger partial charge in [-0.25, -0.2) is 10.6 Å². The zero-order valence-corrected chi connectivity index (χ0v) is 5.61. The highest BCUT2D eigenvalue weighted by molar-refractivity contribution is 5.66. The molecule has 0 bridgehead atoms. The molecule has 0 radical (unpaired) electrons. The number of alkyl halides is 3. The molecular formula is C4H7F3N2O2. The highest BCUT2D eigenvalue weighted by atomic mass is 19.4. The fraction of sp³-hybridized carbons (Fsp3) is 0.750. The molecule has 1 atom stereocenters. The van der Waals surface area contributed by atoms with E-state index in [2.05, 4.69) is 10.6 Å². The summed E-state index contributed by atoms with van der Waals surface area (Å²) < 4.78 is 38.6. The lowest BCUT2D eigenvalue weighted by molar-refractivity contribution is -0.197. The Balaban J connectivity index is 3.87. The third-order valence-corrected chi connectivity index (χ3v) is 0.863. The van der Waals surface area contributed by atoms with E-state index < -0.39 is 18.4 Å². The topological polar surface area (TPSA) is 64.3 Å². The molecule has 11 heavy (non-hydrogen) atoms. The van der Waals surface area contributed by atoms with E-state index in [1.165, 1.54) is 5.43 Å². The number of amides is 1. The van der Waals surface area contributed by atoms with E-state index in [-0.39, 0.29) is 0 Å². The Bertz CT molecular complexity index is 147. The average molecular weight is 172 g/mol. The van der Waals surface area contributed by atoms with Crippen LogP contribution >= 0.6 is 0 Å². The minimum absolute atomic E-state index is 0.704. The first kappa shape index (κ1) is 10.0. The highest BCUT2D eigenvalue weighted by Crippen LogP contribution is 2.21. The molecule has 0 aromatic carbocycles. The summed E-state index contributed by atoms with van der Waals surface area (Å²) in [5.74, 6) is 4.47. The van der Waals surface area contributed by atoms with Gasteiger partial charge in [-0.2, -0.15) is 13.2 Å². The molecule has 0 spiro atoms. The van der Waals surface area contributed by atoms with E-state index in [9.17, 15) is 18.0 Å². The SMILES string of the molecule is CC(OC(=O)NN)C(F)(F)F. The predicted octanol–water partition coefficient (Wildman–Crippen LogP) is 0.537. The Kier molecular flexibility index (Phi) is 3.12. The number of halogens is 3. The molecule has 7 heteroatoms. The second kappa shape index (κ2) is 3.42. The van der Waals surface area contributed by atoms with Crippen LogP contribution in [0.1, 0.15) is 6.92 Å². The summed E-state index contributed by atoms with van der Waals surface area (Å²) in [6.07, 6.45) is -8.01. The molecule has 0 aromatic rings. The van der Waals surface area contributed by atoms with Gasteiger partial charge in [0, 0.05) is 0 Å². The fourth-order valence-electron chi connectivity index (χ4n) is 0.261. The van der Waals surface area contributed by atoms with Gasteiger partial charge in [0.2, 0.25) is 0 Å². The Hall–Kier alpha value is -0.980. The molecule has 4 nitrogen and oxygen atoms in total.